The molecule has 0 saturated carbocycles. The van der Waals surface area contributed by atoms with Crippen LogP contribution in [-0.2, 0) is 18.4 Å². The molecule has 1 aromatic rings. The Labute approximate surface area is 117 Å². The number of aromatic nitrogens is 2. The fraction of sp³-hybridized carbons (Fsp3) is 0.615. The molecule has 7 heteroatoms. The predicted octanol–water partition coefficient (Wildman–Crippen LogP) is 0.735. The second-order valence-electron chi connectivity index (χ2n) is 5.14. The molecule has 0 aliphatic carbocycles. The van der Waals surface area contributed by atoms with Crippen molar-refractivity contribution < 1.29 is 14.7 Å². The van der Waals surface area contributed by atoms with Crippen LogP contribution in [-0.4, -0.2) is 44.9 Å². The molecule has 1 aliphatic heterocycles. The lowest BCUT2D eigenvalue weighted by atomic mass is 9.97. The highest BCUT2D eigenvalue weighted by molar-refractivity contribution is 5.75. The van der Waals surface area contributed by atoms with Crippen molar-refractivity contribution in [2.24, 2.45) is 13.0 Å². The molecule has 0 radical (unpaired) electrons. The number of carboxylic acids is 1. The first kappa shape index (κ1) is 14.4. The van der Waals surface area contributed by atoms with E-state index in [2.05, 4.69) is 10.4 Å². The molecular formula is C13H20N4O3. The van der Waals surface area contributed by atoms with Gasteiger partial charge in [0.15, 0.2) is 0 Å². The Morgan fingerprint density at radius 2 is 2.10 bits per heavy atom. The molecule has 0 spiro atoms. The number of amides is 2. The first-order chi connectivity index (χ1) is 9.49. The molecule has 0 atom stereocenters. The highest BCUT2D eigenvalue weighted by Gasteiger charge is 2.26. The smallest absolute Gasteiger partial charge is 0.317 e. The minimum atomic E-state index is -0.768. The van der Waals surface area contributed by atoms with Crippen LogP contribution in [0.15, 0.2) is 6.20 Å². The van der Waals surface area contributed by atoms with Gasteiger partial charge in [-0.15, -0.1) is 0 Å². The van der Waals surface area contributed by atoms with Gasteiger partial charge in [-0.05, 0) is 19.8 Å². The first-order valence-corrected chi connectivity index (χ1v) is 6.72. The van der Waals surface area contributed by atoms with Crippen molar-refractivity contribution in [1.29, 1.82) is 0 Å². The van der Waals surface area contributed by atoms with E-state index < -0.39 is 5.97 Å². The van der Waals surface area contributed by atoms with E-state index in [0.29, 0.717) is 32.5 Å². The van der Waals surface area contributed by atoms with Crippen LogP contribution in [0.3, 0.4) is 0 Å². The first-order valence-electron chi connectivity index (χ1n) is 6.72. The number of aryl methyl sites for hydroxylation is 1. The van der Waals surface area contributed by atoms with E-state index in [1.807, 2.05) is 14.0 Å². The number of aliphatic carboxylic acids is 1. The summed E-state index contributed by atoms with van der Waals surface area (Å²) in [6.07, 6.45) is 2.79. The van der Waals surface area contributed by atoms with E-state index in [1.165, 1.54) is 0 Å². The number of carbonyl (C=O) groups excluding carboxylic acids is 1. The molecule has 1 aliphatic rings. The van der Waals surface area contributed by atoms with E-state index in [4.69, 9.17) is 5.11 Å². The number of carbonyl (C=O) groups is 2. The largest absolute Gasteiger partial charge is 0.481 e. The summed E-state index contributed by atoms with van der Waals surface area (Å²) >= 11 is 0. The third-order valence-electron chi connectivity index (χ3n) is 3.90. The van der Waals surface area contributed by atoms with E-state index >= 15 is 0 Å². The van der Waals surface area contributed by atoms with Crippen molar-refractivity contribution >= 4 is 12.0 Å². The molecule has 0 bridgehead atoms. The zero-order chi connectivity index (χ0) is 14.7. The summed E-state index contributed by atoms with van der Waals surface area (Å²) in [5.74, 6) is -1.09. The van der Waals surface area contributed by atoms with E-state index in [1.54, 1.807) is 15.8 Å². The second kappa shape index (κ2) is 5.94. The molecule has 2 heterocycles. The third-order valence-corrected chi connectivity index (χ3v) is 3.90. The van der Waals surface area contributed by atoms with Crippen LogP contribution in [0.1, 0.15) is 24.1 Å². The number of nitrogens with zero attached hydrogens (tertiary/aromatic N) is 3. The minimum Gasteiger partial charge on any atom is -0.481 e. The fourth-order valence-electron chi connectivity index (χ4n) is 2.33. The van der Waals surface area contributed by atoms with Gasteiger partial charge in [0.1, 0.15) is 0 Å². The molecule has 2 rings (SSSR count). The summed E-state index contributed by atoms with van der Waals surface area (Å²) in [4.78, 5) is 24.5. The van der Waals surface area contributed by atoms with Crippen LogP contribution in [0, 0.1) is 12.8 Å². The van der Waals surface area contributed by atoms with Gasteiger partial charge >= 0.3 is 12.0 Å². The highest BCUT2D eigenvalue weighted by Crippen LogP contribution is 2.17. The van der Waals surface area contributed by atoms with Crippen molar-refractivity contribution in [1.82, 2.24) is 20.0 Å². The summed E-state index contributed by atoms with van der Waals surface area (Å²) in [5.41, 5.74) is 2.01. The number of piperidine rings is 1. The van der Waals surface area contributed by atoms with Crippen molar-refractivity contribution in [3.05, 3.63) is 17.5 Å². The number of carboxylic acid groups (broad SMARTS) is 1. The van der Waals surface area contributed by atoms with Gasteiger partial charge in [-0.3, -0.25) is 9.48 Å². The van der Waals surface area contributed by atoms with Crippen molar-refractivity contribution in [2.45, 2.75) is 26.3 Å². The Morgan fingerprint density at radius 1 is 1.45 bits per heavy atom. The molecule has 110 valence electrons. The molecule has 2 amide bonds. The average Bonchev–Trinajstić information content (AvgIpc) is 2.76. The lowest BCUT2D eigenvalue weighted by molar-refractivity contribution is -0.143. The van der Waals surface area contributed by atoms with Gasteiger partial charge in [0.2, 0.25) is 0 Å². The average molecular weight is 280 g/mol. The van der Waals surface area contributed by atoms with Crippen molar-refractivity contribution in [3.8, 4) is 0 Å². The quantitative estimate of drug-likeness (QED) is 0.854. The molecule has 1 fully saturated rings. The molecular weight excluding hydrogens is 260 g/mol. The van der Waals surface area contributed by atoms with Gasteiger partial charge in [-0.2, -0.15) is 5.10 Å². The SMILES string of the molecule is Cc1c(CNC(=O)N2CCC(C(=O)O)CC2)cnn1C. The summed E-state index contributed by atoms with van der Waals surface area (Å²) in [6.45, 7) is 3.38. The van der Waals surface area contributed by atoms with E-state index in [0.717, 1.165) is 11.3 Å². The van der Waals surface area contributed by atoms with Gasteiger partial charge < -0.3 is 15.3 Å². The fourth-order valence-corrected chi connectivity index (χ4v) is 2.33. The zero-order valence-corrected chi connectivity index (χ0v) is 11.8. The maximum atomic E-state index is 12.0. The number of hydrogen-bond donors (Lipinski definition) is 2. The standard InChI is InChI=1S/C13H20N4O3/c1-9-11(8-15-16(9)2)7-14-13(20)17-5-3-10(4-6-17)12(18)19/h8,10H,3-7H2,1-2H3,(H,14,20)(H,18,19). The minimum absolute atomic E-state index is 0.142. The monoisotopic (exact) mass is 280 g/mol. The van der Waals surface area contributed by atoms with Gasteiger partial charge in [-0.1, -0.05) is 0 Å². The molecule has 0 aromatic carbocycles. The maximum absolute atomic E-state index is 12.0. The van der Waals surface area contributed by atoms with Crippen molar-refractivity contribution in [3.63, 3.8) is 0 Å². The zero-order valence-electron chi connectivity index (χ0n) is 11.8. The topological polar surface area (TPSA) is 87.5 Å². The third kappa shape index (κ3) is 3.09. The number of urea groups is 1. The Bertz CT molecular complexity index is 504. The Hall–Kier alpha value is -2.05. The van der Waals surface area contributed by atoms with Crippen LogP contribution < -0.4 is 5.32 Å². The number of hydrogen-bond acceptors (Lipinski definition) is 3. The molecule has 1 saturated heterocycles. The van der Waals surface area contributed by atoms with E-state index in [-0.39, 0.29) is 11.9 Å². The molecule has 1 aromatic heterocycles. The lowest BCUT2D eigenvalue weighted by Crippen LogP contribution is -2.45. The molecule has 0 unspecified atom stereocenters. The second-order valence-corrected chi connectivity index (χ2v) is 5.14. The predicted molar refractivity (Wildman–Crippen MR) is 72.1 cm³/mol. The van der Waals surface area contributed by atoms with Crippen LogP contribution in [0.4, 0.5) is 4.79 Å². The van der Waals surface area contributed by atoms with Crippen LogP contribution >= 0.6 is 0 Å². The summed E-state index contributed by atoms with van der Waals surface area (Å²) in [7, 11) is 1.86. The normalized spacial score (nSPS) is 16.2. The summed E-state index contributed by atoms with van der Waals surface area (Å²) in [5, 5.41) is 15.9. The van der Waals surface area contributed by atoms with Gasteiger partial charge in [0.25, 0.3) is 0 Å². The van der Waals surface area contributed by atoms with Crippen LogP contribution in [0.2, 0.25) is 0 Å². The molecule has 2 N–H and O–H groups in total. The summed E-state index contributed by atoms with van der Waals surface area (Å²) in [6, 6.07) is -0.142. The van der Waals surface area contributed by atoms with Gasteiger partial charge in [0.05, 0.1) is 12.1 Å². The highest BCUT2D eigenvalue weighted by atomic mass is 16.4. The van der Waals surface area contributed by atoms with Gasteiger partial charge in [-0.25, -0.2) is 4.79 Å². The number of rotatable bonds is 3. The summed E-state index contributed by atoms with van der Waals surface area (Å²) < 4.78 is 1.76. The molecule has 20 heavy (non-hydrogen) atoms. The van der Waals surface area contributed by atoms with Gasteiger partial charge in [0, 0.05) is 37.9 Å². The van der Waals surface area contributed by atoms with Crippen LogP contribution in [0.5, 0.6) is 0 Å². The Kier molecular flexibility index (Phi) is 4.26. The number of likely N-dealkylation sites (tertiary alicyclic amines) is 1. The Morgan fingerprint density at radius 3 is 2.60 bits per heavy atom. The lowest BCUT2D eigenvalue weighted by Gasteiger charge is -2.30. The van der Waals surface area contributed by atoms with E-state index in [9.17, 15) is 9.59 Å². The van der Waals surface area contributed by atoms with Crippen molar-refractivity contribution in [2.75, 3.05) is 13.1 Å². The van der Waals surface area contributed by atoms with Crippen LogP contribution in [0.25, 0.3) is 0 Å². The Balaban J connectivity index is 1.81. The maximum Gasteiger partial charge on any atom is 0.317 e. The number of nitrogens with one attached hydrogen (secondary N) is 1. The molecule has 7 nitrogen and oxygen atoms in total.